The third kappa shape index (κ3) is 34.0. The molecule has 20 nitrogen and oxygen atoms in total. The van der Waals surface area contributed by atoms with Gasteiger partial charge in [0.1, 0.15) is 79.9 Å². The lowest BCUT2D eigenvalue weighted by Crippen LogP contribution is -2.31. The van der Waals surface area contributed by atoms with Gasteiger partial charge in [-0.25, -0.2) is 0 Å². The van der Waals surface area contributed by atoms with Crippen LogP contribution in [0.3, 0.4) is 0 Å². The molecule has 12 aromatic rings. The summed E-state index contributed by atoms with van der Waals surface area (Å²) >= 11 is 0. The van der Waals surface area contributed by atoms with Gasteiger partial charge in [-0.1, -0.05) is 221 Å². The van der Waals surface area contributed by atoms with E-state index in [1.165, 1.54) is 62.9 Å². The van der Waals surface area contributed by atoms with Crippen molar-refractivity contribution < 1.29 is 67.0 Å². The summed E-state index contributed by atoms with van der Waals surface area (Å²) in [5, 5.41) is 9.72. The van der Waals surface area contributed by atoms with Gasteiger partial charge in [0.25, 0.3) is 0 Å². The molecule has 0 radical (unpaired) electrons. The number of hydrogen-bond donors (Lipinski definition) is 1. The van der Waals surface area contributed by atoms with Crippen LogP contribution in [0.15, 0.2) is 218 Å². The number of anilines is 6. The van der Waals surface area contributed by atoms with Crippen molar-refractivity contribution in [3.63, 3.8) is 0 Å². The van der Waals surface area contributed by atoms with Gasteiger partial charge in [-0.05, 0) is 311 Å². The molecular formula is C130H168N6O14. The van der Waals surface area contributed by atoms with Crippen molar-refractivity contribution in [1.82, 2.24) is 0 Å². The number of hydrogen-bond acceptors (Lipinski definition) is 14. The van der Waals surface area contributed by atoms with E-state index < -0.39 is 0 Å². The lowest BCUT2D eigenvalue weighted by Gasteiger charge is -2.25. The van der Waals surface area contributed by atoms with E-state index in [1.54, 1.807) is 9.80 Å². The van der Waals surface area contributed by atoms with Crippen LogP contribution in [0.1, 0.15) is 282 Å². The molecule has 0 heterocycles. The van der Waals surface area contributed by atoms with Gasteiger partial charge in [0, 0.05) is 106 Å². The highest BCUT2D eigenvalue weighted by atomic mass is 16.5. The van der Waals surface area contributed by atoms with Crippen molar-refractivity contribution >= 4 is 69.6 Å². The van der Waals surface area contributed by atoms with E-state index in [0.717, 1.165) is 159 Å². The summed E-state index contributed by atoms with van der Waals surface area (Å²) in [7, 11) is 0. The number of carbonyl (C=O) groups is 6. The Balaban J connectivity index is 0.000000219. The van der Waals surface area contributed by atoms with Crippen molar-refractivity contribution in [3.8, 4) is 40.2 Å². The van der Waals surface area contributed by atoms with Crippen molar-refractivity contribution in [1.29, 1.82) is 0 Å². The molecule has 13 rings (SSSR count). The molecule has 6 amide bonds. The van der Waals surface area contributed by atoms with Crippen molar-refractivity contribution in [3.05, 3.63) is 346 Å². The van der Waals surface area contributed by atoms with E-state index in [4.69, 9.17) is 33.2 Å². The van der Waals surface area contributed by atoms with Crippen LogP contribution >= 0.6 is 0 Å². The van der Waals surface area contributed by atoms with E-state index in [1.807, 2.05) is 252 Å². The molecule has 1 N–H and O–H groups in total. The van der Waals surface area contributed by atoms with Crippen LogP contribution in [0.5, 0.6) is 40.2 Å². The first kappa shape index (κ1) is 121. The Morgan fingerprint density at radius 2 is 0.467 bits per heavy atom. The maximum absolute atomic E-state index is 12.4. The maximum atomic E-state index is 12.4. The molecule has 0 atom stereocenters. The summed E-state index contributed by atoms with van der Waals surface area (Å²) in [4.78, 5) is 84.9. The molecule has 1 saturated carbocycles. The van der Waals surface area contributed by atoms with E-state index in [0.29, 0.717) is 130 Å². The first-order valence-corrected chi connectivity index (χ1v) is 53.9. The van der Waals surface area contributed by atoms with E-state index >= 15 is 0 Å². The number of aliphatic hydroxyl groups is 1. The molecule has 1 fully saturated rings. The minimum atomic E-state index is -0.0860. The Labute approximate surface area is 896 Å². The molecule has 0 saturated heterocycles. The van der Waals surface area contributed by atoms with Gasteiger partial charge in [0.15, 0.2) is 0 Å². The highest BCUT2D eigenvalue weighted by molar-refractivity contribution is 5.98. The molecule has 0 bridgehead atoms. The molecule has 20 heteroatoms. The average Bonchev–Trinajstić information content (AvgIpc) is 0.900. The molecule has 0 unspecified atom stereocenters. The standard InChI is InChI=1S/C23H29NO2.C22H29NO3.C22H29NO2.C21H27NO3.2C21H27NO2/c1-5-23(25)24(6-2)21-9-7-8-19(18-11-12-18)20(21)15-26-22-13-10-16(3)14-17(22)4;1-6-22(24)23(7-2)19-10-9-11-21(25-8-3)18(19)15-26-20-13-12-16(4)14-17(20)5;1-6-18-10-9-11-20(23(8-3)22(24)7-2)19(18)15-25-21-13-12-16(4)14-17(21)5;1-5-21(24)22(6-2)19-9-7-8-17(13-23)18(19)14-25-20-11-10-15(3)12-16(20)4;2*1-6-21(23)22(7-2)19-10-8-9-16(4)18(19)14-24-20-12-11-15(3)13-17(20)5/h7-10,13-14,18H,5-6,11-12,15H2,1-4H3;9-14H,6-8,15H2,1-5H3;9-14H,6-8,15H2,1-5H3;7-12,23H,5-6,13-14H2,1-4H3;2*8-13H,6-7,14H2,1-5H3. The molecule has 0 aliphatic heterocycles. The maximum Gasteiger partial charge on any atom is 0.226 e. The summed E-state index contributed by atoms with van der Waals surface area (Å²) in [6.45, 7) is 63.2. The zero-order valence-corrected chi connectivity index (χ0v) is 95.1. The van der Waals surface area contributed by atoms with Gasteiger partial charge in [0.05, 0.1) is 52.9 Å². The fourth-order valence-corrected chi connectivity index (χ4v) is 18.5. The molecule has 802 valence electrons. The Bertz CT molecular complexity index is 6200. The quantitative estimate of drug-likeness (QED) is 0.0378. The Morgan fingerprint density at radius 3 is 0.720 bits per heavy atom. The van der Waals surface area contributed by atoms with E-state index in [-0.39, 0.29) is 42.0 Å². The lowest BCUT2D eigenvalue weighted by atomic mass is 10.0. The van der Waals surface area contributed by atoms with Gasteiger partial charge in [0.2, 0.25) is 35.4 Å². The van der Waals surface area contributed by atoms with Crippen molar-refractivity contribution in [2.75, 3.05) is 75.3 Å². The molecule has 0 aromatic heterocycles. The number of nitrogens with zero attached hydrogens (tertiary/aromatic N) is 6. The van der Waals surface area contributed by atoms with Crippen LogP contribution in [-0.4, -0.2) is 86.4 Å². The summed E-state index contributed by atoms with van der Waals surface area (Å²) in [6.07, 6.45) is 6.29. The predicted molar refractivity (Wildman–Crippen MR) is 618 cm³/mol. The highest BCUT2D eigenvalue weighted by Crippen LogP contribution is 2.45. The second kappa shape index (κ2) is 61.2. The van der Waals surface area contributed by atoms with Crippen LogP contribution in [0.25, 0.3) is 0 Å². The monoisotopic (exact) mass is 2040 g/mol. The number of amides is 6. The summed E-state index contributed by atoms with van der Waals surface area (Å²) in [5.41, 5.74) is 31.3. The van der Waals surface area contributed by atoms with E-state index in [2.05, 4.69) is 180 Å². The summed E-state index contributed by atoms with van der Waals surface area (Å²) in [6, 6.07) is 73.1. The smallest absolute Gasteiger partial charge is 0.226 e. The van der Waals surface area contributed by atoms with Crippen molar-refractivity contribution in [2.24, 2.45) is 0 Å². The first-order valence-electron chi connectivity index (χ1n) is 53.9. The number of rotatable bonds is 41. The van der Waals surface area contributed by atoms with Gasteiger partial charge in [-0.15, -0.1) is 0 Å². The van der Waals surface area contributed by atoms with Crippen LogP contribution in [-0.2, 0) is 81.4 Å². The normalized spacial score (nSPS) is 11.1. The molecule has 1 aliphatic carbocycles. The minimum absolute atomic E-state index is 0.0605. The second-order valence-electron chi connectivity index (χ2n) is 38.1. The molecule has 1 aliphatic rings. The van der Waals surface area contributed by atoms with Crippen LogP contribution in [0.4, 0.5) is 34.1 Å². The Morgan fingerprint density at radius 1 is 0.240 bits per heavy atom. The van der Waals surface area contributed by atoms with Crippen molar-refractivity contribution in [2.45, 2.75) is 304 Å². The summed E-state index contributed by atoms with van der Waals surface area (Å²) in [5.74, 6) is 7.35. The SMILES string of the molecule is CCC(=O)N(CC)c1cccc(C)c1COc1ccc(C)cc1C.CCC(=O)N(CC)c1cccc(C)c1COc1ccc(C)cc1C.CCC(=O)N(CC)c1cccc(C2CC2)c1COc1ccc(C)cc1C.CCC(=O)N(CC)c1cccc(CC)c1COc1ccc(C)cc1C.CCC(=O)N(CC)c1cccc(CO)c1COc1ccc(C)cc1C.CCOc1cccc(N(CC)C(=O)CC)c1COc1ccc(C)cc1C. The number of aliphatic hydroxyl groups excluding tert-OH is 1. The molecule has 12 aromatic carbocycles. The molecule has 150 heavy (non-hydrogen) atoms. The average molecular weight is 2040 g/mol. The third-order valence-electron chi connectivity index (χ3n) is 26.9. The zero-order chi connectivity index (χ0) is 110. The van der Waals surface area contributed by atoms with Gasteiger partial charge in [-0.3, -0.25) is 28.8 Å². The fraction of sp³-hybridized carbons (Fsp3) is 0.400. The van der Waals surface area contributed by atoms with Gasteiger partial charge in [-0.2, -0.15) is 0 Å². The predicted octanol–water partition coefficient (Wildman–Crippen LogP) is 29.8. The minimum Gasteiger partial charge on any atom is -0.493 e. The van der Waals surface area contributed by atoms with Gasteiger partial charge >= 0.3 is 0 Å². The lowest BCUT2D eigenvalue weighted by molar-refractivity contribution is -0.119. The molecule has 0 spiro atoms. The number of carbonyl (C=O) groups excluding carboxylic acids is 6. The van der Waals surface area contributed by atoms with E-state index in [9.17, 15) is 33.9 Å². The zero-order valence-electron chi connectivity index (χ0n) is 95.1. The number of aryl methyl sites for hydroxylation is 15. The topological polar surface area (TPSA) is 207 Å². The second-order valence-corrected chi connectivity index (χ2v) is 38.1. The Hall–Kier alpha value is -14.0. The number of ether oxygens (including phenoxy) is 7. The van der Waals surface area contributed by atoms with Crippen LogP contribution in [0, 0.1) is 96.9 Å². The third-order valence-corrected chi connectivity index (χ3v) is 26.9. The highest BCUT2D eigenvalue weighted by Gasteiger charge is 2.31. The Kier molecular flexibility index (Phi) is 49.5. The fourth-order valence-electron chi connectivity index (χ4n) is 18.5. The largest absolute Gasteiger partial charge is 0.493 e. The number of benzene rings is 12. The summed E-state index contributed by atoms with van der Waals surface area (Å²) < 4.78 is 42.4. The molecular weight excluding hydrogens is 1870 g/mol. The van der Waals surface area contributed by atoms with Gasteiger partial charge < -0.3 is 67.7 Å². The van der Waals surface area contributed by atoms with Crippen LogP contribution < -0.4 is 62.6 Å². The first-order chi connectivity index (χ1) is 72.0. The van der Waals surface area contributed by atoms with Crippen LogP contribution in [0.2, 0.25) is 0 Å².